The predicted octanol–water partition coefficient (Wildman–Crippen LogP) is 4.98. The number of cyclic esters (lactones) is 1. The van der Waals surface area contributed by atoms with Crippen molar-refractivity contribution in [3.63, 3.8) is 0 Å². The van der Waals surface area contributed by atoms with Crippen LogP contribution in [0.4, 0.5) is 0 Å². The number of methoxy groups -OCH3 is 3. The Morgan fingerprint density at radius 2 is 1.69 bits per heavy atom. The Labute approximate surface area is 368 Å². The smallest absolute Gasteiger partial charge is 0.316 e. The maximum atomic E-state index is 14.9. The monoisotopic (exact) mass is 872 g/mol. The highest BCUT2D eigenvalue weighted by Gasteiger charge is 2.55. The lowest BCUT2D eigenvalue weighted by molar-refractivity contribution is -0.295. The van der Waals surface area contributed by atoms with E-state index >= 15 is 0 Å². The summed E-state index contributed by atoms with van der Waals surface area (Å²) in [6, 6.07) is 2.52. The van der Waals surface area contributed by atoms with Crippen molar-refractivity contribution >= 4 is 23.9 Å². The van der Waals surface area contributed by atoms with Crippen molar-refractivity contribution in [2.24, 2.45) is 23.7 Å². The Hall–Kier alpha value is -3.80. The van der Waals surface area contributed by atoms with E-state index in [1.54, 1.807) is 51.4 Å². The van der Waals surface area contributed by atoms with Crippen molar-refractivity contribution in [1.29, 1.82) is 0 Å². The van der Waals surface area contributed by atoms with E-state index in [4.69, 9.17) is 28.4 Å². The minimum absolute atomic E-state index is 0.111. The molecule has 2 aromatic rings. The molecule has 16 nitrogen and oxygen atoms in total. The van der Waals surface area contributed by atoms with Crippen LogP contribution in [0.5, 0.6) is 5.88 Å². The molecule has 0 aliphatic carbocycles. The van der Waals surface area contributed by atoms with Gasteiger partial charge < -0.3 is 47.9 Å². The van der Waals surface area contributed by atoms with E-state index in [1.165, 1.54) is 21.1 Å². The van der Waals surface area contributed by atoms with Crippen molar-refractivity contribution in [1.82, 2.24) is 24.3 Å². The van der Waals surface area contributed by atoms with Crippen LogP contribution in [-0.4, -0.2) is 149 Å². The lowest BCUT2D eigenvalue weighted by Crippen LogP contribution is -2.65. The normalized spacial score (nSPS) is 34.1. The second-order valence-electron chi connectivity index (χ2n) is 17.8. The Morgan fingerprint density at radius 1 is 0.984 bits per heavy atom. The van der Waals surface area contributed by atoms with Gasteiger partial charge >= 0.3 is 5.97 Å². The summed E-state index contributed by atoms with van der Waals surface area (Å²) in [7, 11) is 8.32. The third-order valence-corrected chi connectivity index (χ3v) is 13.5. The standard InChI is InChI=1S/C46H73N5O11/c1-14-36-46(15-2,59-13)41(51(27-52)21-17-16-20-50-25-34(48-26-50)33-18-19-37(57-11)47-24-33)30(5)38(53)28(3)23-45(8,58-12)42(31(6)39(54)32(7)43(56)61-36)62-44-40(55)35(49(9)10)22-29(4)60-44/h18-19,24-32,35-36,40-42,44,55H,14-17,20-23H2,1-13H3/t28-,29-,30+,31+,32-,35+,36-,40-,41-,42-,44?,45+,46-/m1/s1. The van der Waals surface area contributed by atoms with Gasteiger partial charge in [0.15, 0.2) is 12.1 Å². The van der Waals surface area contributed by atoms with E-state index in [2.05, 4.69) is 9.97 Å². The molecular formula is C46H73N5O11. The summed E-state index contributed by atoms with van der Waals surface area (Å²) in [6.07, 6.45) is 4.21. The molecule has 4 heterocycles. The van der Waals surface area contributed by atoms with Gasteiger partial charge in [0, 0.05) is 75.1 Å². The Morgan fingerprint density at radius 3 is 2.26 bits per heavy atom. The molecule has 0 radical (unpaired) electrons. The highest BCUT2D eigenvalue weighted by Crippen LogP contribution is 2.41. The molecule has 0 bridgehead atoms. The summed E-state index contributed by atoms with van der Waals surface area (Å²) >= 11 is 0. The molecule has 1 amide bonds. The minimum Gasteiger partial charge on any atom is -0.481 e. The molecule has 62 heavy (non-hydrogen) atoms. The zero-order chi connectivity index (χ0) is 46.1. The average Bonchev–Trinajstić information content (AvgIpc) is 3.75. The number of aromatic nitrogens is 3. The number of likely N-dealkylation sites (N-methyl/N-ethyl adjacent to an activating group) is 1. The SMILES string of the molecule is CC[C@H]1OC(=O)[C@H](C)C(=O)[C@H](C)[C@@H](OC2O[C@H](C)C[C@H](N(C)C)[C@H]2O)[C@@](C)(OC)C[C@@H](C)C(=O)[C@H](C)[C@@H](N(C=O)CCCCn2cnc(-c3ccc(OC)nc3)c2)[C@]1(CC)OC. The quantitative estimate of drug-likeness (QED) is 0.103. The second-order valence-corrected chi connectivity index (χ2v) is 17.8. The number of aliphatic hydroxyl groups is 1. The number of hydrogen-bond acceptors (Lipinski definition) is 14. The summed E-state index contributed by atoms with van der Waals surface area (Å²) in [4.78, 5) is 69.2. The van der Waals surface area contributed by atoms with Crippen LogP contribution in [0.15, 0.2) is 30.9 Å². The summed E-state index contributed by atoms with van der Waals surface area (Å²) < 4.78 is 38.8. The number of esters is 1. The molecule has 0 spiro atoms. The summed E-state index contributed by atoms with van der Waals surface area (Å²) in [6.45, 7) is 15.1. The Balaban J connectivity index is 1.69. The van der Waals surface area contributed by atoms with Crippen LogP contribution in [-0.2, 0) is 49.4 Å². The first kappa shape index (κ1) is 50.8. The number of aryl methyl sites for hydroxylation is 1. The van der Waals surface area contributed by atoms with Gasteiger partial charge in [-0.3, -0.25) is 19.2 Å². The number of nitrogens with zero attached hydrogens (tertiary/aromatic N) is 5. The van der Waals surface area contributed by atoms with Gasteiger partial charge in [0.05, 0.1) is 43.0 Å². The van der Waals surface area contributed by atoms with E-state index in [1.807, 2.05) is 63.5 Å². The average molecular weight is 872 g/mol. The highest BCUT2D eigenvalue weighted by atomic mass is 16.7. The van der Waals surface area contributed by atoms with Crippen molar-refractivity contribution in [3.05, 3.63) is 30.9 Å². The molecule has 348 valence electrons. The number of rotatable bonds is 16. The fourth-order valence-electron chi connectivity index (χ4n) is 9.79. The molecule has 1 N–H and O–H groups in total. The molecule has 2 aliphatic rings. The first-order valence-electron chi connectivity index (χ1n) is 22.1. The molecule has 13 atom stereocenters. The molecule has 2 aromatic heterocycles. The van der Waals surface area contributed by atoms with E-state index in [-0.39, 0.29) is 43.7 Å². The number of unbranched alkanes of at least 4 members (excludes halogenated alkanes) is 1. The number of carbonyl (C=O) groups excluding carboxylic acids is 4. The summed E-state index contributed by atoms with van der Waals surface area (Å²) in [5.41, 5.74) is -0.994. The summed E-state index contributed by atoms with van der Waals surface area (Å²) in [5, 5.41) is 11.5. The number of carbonyl (C=O) groups is 4. The second kappa shape index (κ2) is 22.2. The van der Waals surface area contributed by atoms with Gasteiger partial charge in [0.25, 0.3) is 0 Å². The highest BCUT2D eigenvalue weighted by molar-refractivity contribution is 6.00. The van der Waals surface area contributed by atoms with Gasteiger partial charge in [-0.2, -0.15) is 0 Å². The lowest BCUT2D eigenvalue weighted by Gasteiger charge is -2.50. The van der Waals surface area contributed by atoms with Crippen LogP contribution in [0.2, 0.25) is 0 Å². The van der Waals surface area contributed by atoms with E-state index < -0.39 is 77.3 Å². The Kier molecular flexibility index (Phi) is 18.2. The fraction of sp³-hybridized carbons (Fsp3) is 0.739. The molecule has 0 aromatic carbocycles. The molecule has 0 saturated carbocycles. The van der Waals surface area contributed by atoms with E-state index in [0.29, 0.717) is 31.7 Å². The van der Waals surface area contributed by atoms with E-state index in [9.17, 15) is 24.3 Å². The first-order valence-corrected chi connectivity index (χ1v) is 22.1. The largest absolute Gasteiger partial charge is 0.481 e. The van der Waals surface area contributed by atoms with Gasteiger partial charge in [-0.25, -0.2) is 9.97 Å². The predicted molar refractivity (Wildman–Crippen MR) is 232 cm³/mol. The maximum absolute atomic E-state index is 14.9. The van der Waals surface area contributed by atoms with E-state index in [0.717, 1.165) is 17.7 Å². The van der Waals surface area contributed by atoms with Crippen LogP contribution < -0.4 is 4.74 Å². The fourth-order valence-corrected chi connectivity index (χ4v) is 9.79. The van der Waals surface area contributed by atoms with Crippen molar-refractivity contribution < 1.29 is 52.7 Å². The van der Waals surface area contributed by atoms with Crippen molar-refractivity contribution in [2.75, 3.05) is 42.0 Å². The van der Waals surface area contributed by atoms with Crippen LogP contribution in [0.3, 0.4) is 0 Å². The summed E-state index contributed by atoms with van der Waals surface area (Å²) in [5.74, 6) is -4.53. The van der Waals surface area contributed by atoms with Crippen molar-refractivity contribution in [2.45, 2.75) is 154 Å². The minimum atomic E-state index is -1.32. The van der Waals surface area contributed by atoms with Crippen LogP contribution >= 0.6 is 0 Å². The molecule has 16 heteroatoms. The van der Waals surface area contributed by atoms with Crippen LogP contribution in [0.25, 0.3) is 11.3 Å². The molecule has 4 rings (SSSR count). The van der Waals surface area contributed by atoms with Crippen LogP contribution in [0.1, 0.15) is 93.9 Å². The number of ether oxygens (including phenoxy) is 6. The maximum Gasteiger partial charge on any atom is 0.316 e. The zero-order valence-electron chi connectivity index (χ0n) is 39.2. The molecule has 1 unspecified atom stereocenters. The van der Waals surface area contributed by atoms with Gasteiger partial charge in [-0.15, -0.1) is 0 Å². The zero-order valence-corrected chi connectivity index (χ0v) is 39.2. The molecule has 2 aliphatic heterocycles. The van der Waals surface area contributed by atoms with Crippen LogP contribution in [0, 0.1) is 23.7 Å². The lowest BCUT2D eigenvalue weighted by atomic mass is 9.71. The number of Topliss-reactive ketones (excluding diaryl/α,β-unsaturated/α-hetero) is 2. The Bertz CT molecular complexity index is 1770. The third kappa shape index (κ3) is 11.1. The van der Waals surface area contributed by atoms with Gasteiger partial charge in [0.2, 0.25) is 12.3 Å². The number of amides is 1. The van der Waals surface area contributed by atoms with Gasteiger partial charge in [-0.05, 0) is 79.5 Å². The number of aliphatic hydroxyl groups excluding tert-OH is 1. The molecule has 2 fully saturated rings. The number of pyridine rings is 1. The van der Waals surface area contributed by atoms with Gasteiger partial charge in [-0.1, -0.05) is 34.6 Å². The number of ketones is 2. The molecule has 2 saturated heterocycles. The topological polar surface area (TPSA) is 181 Å². The number of hydrogen-bond donors (Lipinski definition) is 1. The number of imidazole rings is 1. The molecular weight excluding hydrogens is 799 g/mol. The van der Waals surface area contributed by atoms with Gasteiger partial charge in [0.1, 0.15) is 29.5 Å². The van der Waals surface area contributed by atoms with Crippen molar-refractivity contribution in [3.8, 4) is 17.1 Å². The first-order chi connectivity index (χ1) is 29.4. The third-order valence-electron chi connectivity index (χ3n) is 13.5.